The van der Waals surface area contributed by atoms with E-state index in [0.717, 1.165) is 26.8 Å². The first-order chi connectivity index (χ1) is 13.7. The molecule has 8 heteroatoms. The zero-order valence-electron chi connectivity index (χ0n) is 14.9. The number of nitrogens with one attached hydrogen (secondary N) is 2. The Morgan fingerprint density at radius 2 is 2.14 bits per heavy atom. The Hall–Kier alpha value is -3.26. The molecule has 1 aliphatic rings. The summed E-state index contributed by atoms with van der Waals surface area (Å²) in [5.74, 6) is -0.532. The molecular weight excluding hydrogens is 374 g/mol. The van der Waals surface area contributed by atoms with Gasteiger partial charge in [0.05, 0.1) is 33.5 Å². The molecule has 2 amide bonds. The van der Waals surface area contributed by atoms with Crippen molar-refractivity contribution in [1.29, 1.82) is 0 Å². The third-order valence-corrected chi connectivity index (χ3v) is 6.02. The summed E-state index contributed by atoms with van der Waals surface area (Å²) >= 11 is 1.48. The van der Waals surface area contributed by atoms with Gasteiger partial charge in [0, 0.05) is 19.5 Å². The predicted octanol–water partition coefficient (Wildman–Crippen LogP) is 2.84. The van der Waals surface area contributed by atoms with Crippen LogP contribution in [-0.4, -0.2) is 33.3 Å². The average molecular weight is 391 g/mol. The van der Waals surface area contributed by atoms with Crippen LogP contribution in [0.15, 0.2) is 48.8 Å². The van der Waals surface area contributed by atoms with E-state index >= 15 is 0 Å². The number of nitrogens with zero attached hydrogens (tertiary/aromatic N) is 3. The Labute approximate surface area is 164 Å². The molecule has 140 valence electrons. The number of rotatable bonds is 4. The highest BCUT2D eigenvalue weighted by molar-refractivity contribution is 7.22. The topological polar surface area (TPSA) is 91.0 Å². The van der Waals surface area contributed by atoms with Gasteiger partial charge in [-0.05, 0) is 29.8 Å². The van der Waals surface area contributed by atoms with Crippen LogP contribution >= 0.6 is 11.3 Å². The van der Waals surface area contributed by atoms with Crippen molar-refractivity contribution in [3.8, 4) is 0 Å². The van der Waals surface area contributed by atoms with Crippen LogP contribution in [0, 0.1) is 5.92 Å². The van der Waals surface area contributed by atoms with E-state index in [0.29, 0.717) is 18.2 Å². The first-order valence-corrected chi connectivity index (χ1v) is 9.85. The van der Waals surface area contributed by atoms with E-state index in [1.54, 1.807) is 11.2 Å². The lowest BCUT2D eigenvalue weighted by molar-refractivity contribution is -0.126. The van der Waals surface area contributed by atoms with Gasteiger partial charge in [-0.15, -0.1) is 0 Å². The van der Waals surface area contributed by atoms with Crippen molar-refractivity contribution in [2.24, 2.45) is 5.92 Å². The highest BCUT2D eigenvalue weighted by atomic mass is 32.1. The second-order valence-corrected chi connectivity index (χ2v) is 7.85. The Kier molecular flexibility index (Phi) is 4.05. The minimum Gasteiger partial charge on any atom is -0.352 e. The highest BCUT2D eigenvalue weighted by Gasteiger charge is 2.36. The summed E-state index contributed by atoms with van der Waals surface area (Å²) in [7, 11) is 0. The largest absolute Gasteiger partial charge is 0.352 e. The number of imidazole rings is 1. The fourth-order valence-corrected chi connectivity index (χ4v) is 4.46. The molecule has 0 aliphatic carbocycles. The molecule has 0 bridgehead atoms. The van der Waals surface area contributed by atoms with Crippen molar-refractivity contribution in [1.82, 2.24) is 20.3 Å². The fourth-order valence-electron chi connectivity index (χ4n) is 3.47. The van der Waals surface area contributed by atoms with Gasteiger partial charge in [0.2, 0.25) is 11.8 Å². The van der Waals surface area contributed by atoms with Crippen molar-refractivity contribution in [2.45, 2.75) is 13.0 Å². The molecule has 28 heavy (non-hydrogen) atoms. The third kappa shape index (κ3) is 3.01. The van der Waals surface area contributed by atoms with Crippen LogP contribution in [0.1, 0.15) is 12.0 Å². The summed E-state index contributed by atoms with van der Waals surface area (Å²) in [5, 5.41) is 3.61. The van der Waals surface area contributed by atoms with Gasteiger partial charge in [-0.2, -0.15) is 0 Å². The van der Waals surface area contributed by atoms with Crippen LogP contribution < -0.4 is 10.2 Å². The summed E-state index contributed by atoms with van der Waals surface area (Å²) < 4.78 is 1.03. The standard InChI is InChI=1S/C20H17N5O2S/c26-18-8-13(10-25(18)20-24-15-3-1-2-4-17(15)28-20)19(27)21-9-12-5-6-14-16(7-12)23-11-22-14/h1-7,11,13H,8-10H2,(H,21,27)(H,22,23). The maximum Gasteiger partial charge on any atom is 0.229 e. The van der Waals surface area contributed by atoms with E-state index in [-0.39, 0.29) is 24.2 Å². The van der Waals surface area contributed by atoms with Crippen LogP contribution in [0.25, 0.3) is 21.3 Å². The smallest absolute Gasteiger partial charge is 0.229 e. The number of hydrogen-bond acceptors (Lipinski definition) is 5. The summed E-state index contributed by atoms with van der Waals surface area (Å²) in [5.41, 5.74) is 3.68. The van der Waals surface area contributed by atoms with E-state index in [2.05, 4.69) is 20.3 Å². The molecule has 1 aliphatic heterocycles. The number of carbonyl (C=O) groups is 2. The molecule has 5 rings (SSSR count). The molecule has 2 aromatic carbocycles. The zero-order chi connectivity index (χ0) is 19.1. The van der Waals surface area contributed by atoms with Gasteiger partial charge in [-0.25, -0.2) is 9.97 Å². The normalized spacial score (nSPS) is 16.9. The molecule has 4 aromatic rings. The maximum atomic E-state index is 12.6. The van der Waals surface area contributed by atoms with Crippen molar-refractivity contribution in [2.75, 3.05) is 11.4 Å². The number of benzene rings is 2. The lowest BCUT2D eigenvalue weighted by Gasteiger charge is -2.13. The number of H-pyrrole nitrogens is 1. The number of aromatic nitrogens is 3. The van der Waals surface area contributed by atoms with E-state index in [9.17, 15) is 9.59 Å². The predicted molar refractivity (Wildman–Crippen MR) is 108 cm³/mol. The first kappa shape index (κ1) is 16.9. The lowest BCUT2D eigenvalue weighted by Crippen LogP contribution is -2.32. The highest BCUT2D eigenvalue weighted by Crippen LogP contribution is 2.32. The fraction of sp³-hybridized carbons (Fsp3) is 0.200. The van der Waals surface area contributed by atoms with Crippen molar-refractivity contribution in [3.05, 3.63) is 54.4 Å². The minimum absolute atomic E-state index is 0.0573. The summed E-state index contributed by atoms with van der Waals surface area (Å²) in [4.78, 5) is 38.5. The molecule has 0 saturated carbocycles. The number of carbonyl (C=O) groups excluding carboxylic acids is 2. The van der Waals surface area contributed by atoms with Gasteiger partial charge in [0.1, 0.15) is 0 Å². The van der Waals surface area contributed by atoms with Gasteiger partial charge in [0.25, 0.3) is 0 Å². The monoisotopic (exact) mass is 391 g/mol. The summed E-state index contributed by atoms with van der Waals surface area (Å²) in [6.07, 6.45) is 1.86. The van der Waals surface area contributed by atoms with Crippen LogP contribution in [0.5, 0.6) is 0 Å². The molecule has 0 spiro atoms. The molecule has 1 unspecified atom stereocenters. The van der Waals surface area contributed by atoms with Gasteiger partial charge < -0.3 is 10.3 Å². The van der Waals surface area contributed by atoms with Crippen molar-refractivity contribution >= 4 is 49.5 Å². The second-order valence-electron chi connectivity index (χ2n) is 6.84. The van der Waals surface area contributed by atoms with E-state index in [4.69, 9.17) is 0 Å². The number of anilines is 1. The lowest BCUT2D eigenvalue weighted by atomic mass is 10.1. The van der Waals surface area contributed by atoms with Crippen LogP contribution in [0.2, 0.25) is 0 Å². The Morgan fingerprint density at radius 3 is 3.04 bits per heavy atom. The molecule has 1 saturated heterocycles. The molecular formula is C20H17N5O2S. The summed E-state index contributed by atoms with van der Waals surface area (Å²) in [6, 6.07) is 13.6. The maximum absolute atomic E-state index is 12.6. The molecule has 2 N–H and O–H groups in total. The van der Waals surface area contributed by atoms with Gasteiger partial charge in [-0.1, -0.05) is 29.5 Å². The second kappa shape index (κ2) is 6.72. The number of para-hydroxylation sites is 1. The number of thiazole rings is 1. The molecule has 1 fully saturated rings. The SMILES string of the molecule is O=C(NCc1ccc2nc[nH]c2c1)C1CC(=O)N(c2nc3ccccc3s2)C1. The Morgan fingerprint density at radius 1 is 1.25 bits per heavy atom. The van der Waals surface area contributed by atoms with E-state index in [1.165, 1.54) is 11.3 Å². The molecule has 7 nitrogen and oxygen atoms in total. The van der Waals surface area contributed by atoms with E-state index in [1.807, 2.05) is 42.5 Å². The quantitative estimate of drug-likeness (QED) is 0.560. The third-order valence-electron chi connectivity index (χ3n) is 4.96. The first-order valence-electron chi connectivity index (χ1n) is 9.03. The number of fused-ring (bicyclic) bond motifs is 2. The number of aromatic amines is 1. The number of hydrogen-bond donors (Lipinski definition) is 2. The number of amides is 2. The van der Waals surface area contributed by atoms with Crippen molar-refractivity contribution in [3.63, 3.8) is 0 Å². The van der Waals surface area contributed by atoms with Crippen molar-refractivity contribution < 1.29 is 9.59 Å². The van der Waals surface area contributed by atoms with Gasteiger partial charge in [-0.3, -0.25) is 14.5 Å². The summed E-state index contributed by atoms with van der Waals surface area (Å²) in [6.45, 7) is 0.781. The average Bonchev–Trinajstić information content (AvgIpc) is 3.42. The van der Waals surface area contributed by atoms with Crippen LogP contribution in [0.3, 0.4) is 0 Å². The Bertz CT molecular complexity index is 1160. The molecule has 1 atom stereocenters. The molecule has 3 heterocycles. The Balaban J connectivity index is 1.26. The molecule has 2 aromatic heterocycles. The van der Waals surface area contributed by atoms with Crippen LogP contribution in [-0.2, 0) is 16.1 Å². The van der Waals surface area contributed by atoms with E-state index < -0.39 is 0 Å². The van der Waals surface area contributed by atoms with Crippen LogP contribution in [0.4, 0.5) is 5.13 Å². The van der Waals surface area contributed by atoms with Gasteiger partial charge in [0.15, 0.2) is 5.13 Å². The zero-order valence-corrected chi connectivity index (χ0v) is 15.7. The minimum atomic E-state index is -0.365. The van der Waals surface area contributed by atoms with Gasteiger partial charge >= 0.3 is 0 Å². The molecule has 0 radical (unpaired) electrons.